The van der Waals surface area contributed by atoms with E-state index in [1.54, 1.807) is 10.8 Å². The lowest BCUT2D eigenvalue weighted by Crippen LogP contribution is -2.07. The number of nitrogens with one attached hydrogen (secondary N) is 1. The predicted molar refractivity (Wildman–Crippen MR) is 61.6 cm³/mol. The van der Waals surface area contributed by atoms with Crippen LogP contribution in [0.4, 0.5) is 0 Å². The van der Waals surface area contributed by atoms with Crippen LogP contribution in [0.25, 0.3) is 11.2 Å². The van der Waals surface area contributed by atoms with Gasteiger partial charge in [0.2, 0.25) is 0 Å². The number of aryl methyl sites for hydroxylation is 1. The van der Waals surface area contributed by atoms with Crippen LogP contribution in [0.2, 0.25) is 0 Å². The van der Waals surface area contributed by atoms with Gasteiger partial charge in [-0.25, -0.2) is 4.98 Å². The van der Waals surface area contributed by atoms with Crippen LogP contribution in [0.5, 0.6) is 0 Å². The number of fused-ring (bicyclic) bond motifs is 1. The van der Waals surface area contributed by atoms with E-state index < -0.39 is 0 Å². The average Bonchev–Trinajstić information content (AvgIpc) is 2.62. The maximum Gasteiger partial charge on any atom is 0.307 e. The summed E-state index contributed by atoms with van der Waals surface area (Å²) in [6.07, 6.45) is 1.98. The fraction of sp³-hybridized carbons (Fsp3) is 0.300. The Labute approximate surface area is 97.1 Å². The van der Waals surface area contributed by atoms with Gasteiger partial charge in [0.05, 0.1) is 19.0 Å². The van der Waals surface area contributed by atoms with E-state index >= 15 is 0 Å². The quantitative estimate of drug-likeness (QED) is 0.651. The molecule has 0 aromatic carbocycles. The Morgan fingerprint density at radius 1 is 1.69 bits per heavy atom. The number of esters is 1. The Morgan fingerprint density at radius 3 is 3.25 bits per heavy atom. The number of ether oxygens (including phenoxy) is 1. The van der Waals surface area contributed by atoms with Gasteiger partial charge in [-0.15, -0.1) is 0 Å². The zero-order chi connectivity index (χ0) is 11.5. The molecule has 2 aromatic rings. The number of carbonyl (C=O) groups excluding carboxylic acids is 1. The maximum atomic E-state index is 11.1. The van der Waals surface area contributed by atoms with Crippen molar-refractivity contribution in [2.24, 2.45) is 0 Å². The number of imidazole rings is 1. The summed E-state index contributed by atoms with van der Waals surface area (Å²) in [7, 11) is 1.37. The summed E-state index contributed by atoms with van der Waals surface area (Å²) in [6.45, 7) is 0.475. The van der Waals surface area contributed by atoms with Crippen molar-refractivity contribution in [3.63, 3.8) is 0 Å². The normalized spacial score (nSPS) is 10.6. The van der Waals surface area contributed by atoms with Gasteiger partial charge in [-0.1, -0.05) is 0 Å². The molecular weight excluding hydrogens is 226 g/mol. The van der Waals surface area contributed by atoms with Crippen molar-refractivity contribution in [1.82, 2.24) is 14.5 Å². The molecule has 0 fully saturated rings. The summed E-state index contributed by atoms with van der Waals surface area (Å²) in [5.41, 5.74) is 1.63. The maximum absolute atomic E-state index is 11.1. The van der Waals surface area contributed by atoms with Gasteiger partial charge in [-0.05, 0) is 24.4 Å². The lowest BCUT2D eigenvalue weighted by molar-refractivity contribution is -0.140. The summed E-state index contributed by atoms with van der Waals surface area (Å²) >= 11 is 5.16. The highest BCUT2D eigenvalue weighted by atomic mass is 32.1. The highest BCUT2D eigenvalue weighted by molar-refractivity contribution is 7.71. The minimum absolute atomic E-state index is 0.257. The van der Waals surface area contributed by atoms with Crippen LogP contribution in [0.3, 0.4) is 0 Å². The fourth-order valence-electron chi connectivity index (χ4n) is 1.50. The second-order valence-corrected chi connectivity index (χ2v) is 3.67. The lowest BCUT2D eigenvalue weighted by Gasteiger charge is -2.02. The van der Waals surface area contributed by atoms with Crippen molar-refractivity contribution in [3.05, 3.63) is 23.1 Å². The molecule has 0 saturated carbocycles. The van der Waals surface area contributed by atoms with E-state index in [-0.39, 0.29) is 12.4 Å². The van der Waals surface area contributed by atoms with E-state index in [4.69, 9.17) is 12.2 Å². The third-order valence-electron chi connectivity index (χ3n) is 2.30. The number of rotatable bonds is 3. The Balaban J connectivity index is 2.33. The molecule has 0 bridgehead atoms. The third-order valence-corrected chi connectivity index (χ3v) is 2.62. The first-order valence-electron chi connectivity index (χ1n) is 4.82. The Hall–Kier alpha value is -1.69. The van der Waals surface area contributed by atoms with Crippen LogP contribution < -0.4 is 0 Å². The largest absolute Gasteiger partial charge is 0.469 e. The van der Waals surface area contributed by atoms with E-state index in [9.17, 15) is 4.79 Å². The van der Waals surface area contributed by atoms with Gasteiger partial charge < -0.3 is 14.3 Å². The first-order chi connectivity index (χ1) is 7.72. The summed E-state index contributed by atoms with van der Waals surface area (Å²) in [4.78, 5) is 18.3. The van der Waals surface area contributed by atoms with E-state index in [2.05, 4.69) is 14.7 Å². The molecule has 0 amide bonds. The van der Waals surface area contributed by atoms with Crippen molar-refractivity contribution in [1.29, 1.82) is 0 Å². The molecule has 0 radical (unpaired) electrons. The number of nitrogens with zero attached hydrogens (tertiary/aromatic N) is 2. The van der Waals surface area contributed by atoms with Gasteiger partial charge >= 0.3 is 5.97 Å². The topological polar surface area (TPSA) is 59.9 Å². The highest BCUT2D eigenvalue weighted by Gasteiger charge is 2.07. The van der Waals surface area contributed by atoms with E-state index in [1.807, 2.05) is 12.1 Å². The summed E-state index contributed by atoms with van der Waals surface area (Å²) in [5.74, 6) is -0.257. The van der Waals surface area contributed by atoms with Crippen LogP contribution in [0, 0.1) is 4.77 Å². The Kier molecular flexibility index (Phi) is 3.00. The second-order valence-electron chi connectivity index (χ2n) is 3.28. The highest BCUT2D eigenvalue weighted by Crippen LogP contribution is 2.11. The van der Waals surface area contributed by atoms with Gasteiger partial charge in [0.15, 0.2) is 10.4 Å². The zero-order valence-corrected chi connectivity index (χ0v) is 9.58. The van der Waals surface area contributed by atoms with Crippen LogP contribution in [-0.4, -0.2) is 27.6 Å². The minimum Gasteiger partial charge on any atom is -0.469 e. The van der Waals surface area contributed by atoms with Gasteiger partial charge in [-0.3, -0.25) is 4.79 Å². The summed E-state index contributed by atoms with van der Waals surface area (Å²) in [5, 5.41) is 0. The van der Waals surface area contributed by atoms with Gasteiger partial charge in [0, 0.05) is 12.7 Å². The molecule has 1 N–H and O–H groups in total. The Morgan fingerprint density at radius 2 is 2.50 bits per heavy atom. The number of H-pyrrole nitrogens is 1. The van der Waals surface area contributed by atoms with Crippen molar-refractivity contribution in [3.8, 4) is 0 Å². The van der Waals surface area contributed by atoms with E-state index in [0.717, 1.165) is 11.2 Å². The van der Waals surface area contributed by atoms with Crippen molar-refractivity contribution in [2.45, 2.75) is 13.0 Å². The molecule has 0 saturated heterocycles. The summed E-state index contributed by atoms with van der Waals surface area (Å²) in [6, 6.07) is 3.73. The third kappa shape index (κ3) is 1.96. The number of hydrogen-bond acceptors (Lipinski definition) is 4. The standard InChI is InChI=1S/C10H11N3O2S/c1-15-8(14)4-6-13-9-7(12-10(13)16)3-2-5-11-9/h2-3,5H,4,6H2,1H3,(H,12,16). The number of aromatic amines is 1. The second kappa shape index (κ2) is 4.44. The number of aromatic nitrogens is 3. The molecule has 0 atom stereocenters. The first-order valence-corrected chi connectivity index (χ1v) is 5.23. The molecule has 2 heterocycles. The average molecular weight is 237 g/mol. The number of carbonyl (C=O) groups is 1. The van der Waals surface area contributed by atoms with Crippen molar-refractivity contribution < 1.29 is 9.53 Å². The van der Waals surface area contributed by atoms with Gasteiger partial charge in [0.1, 0.15) is 0 Å². The predicted octanol–water partition coefficient (Wildman–Crippen LogP) is 1.66. The van der Waals surface area contributed by atoms with E-state index in [0.29, 0.717) is 11.3 Å². The molecule has 6 heteroatoms. The first kappa shape index (κ1) is 10.8. The van der Waals surface area contributed by atoms with E-state index in [1.165, 1.54) is 7.11 Å². The van der Waals surface area contributed by atoms with Crippen LogP contribution >= 0.6 is 12.2 Å². The molecule has 0 unspecified atom stereocenters. The molecule has 84 valence electrons. The van der Waals surface area contributed by atoms with Crippen molar-refractivity contribution in [2.75, 3.05) is 7.11 Å². The fourth-order valence-corrected chi connectivity index (χ4v) is 1.79. The molecule has 2 rings (SSSR count). The van der Waals surface area contributed by atoms with Crippen LogP contribution in [0.15, 0.2) is 18.3 Å². The zero-order valence-electron chi connectivity index (χ0n) is 8.77. The molecule has 0 aliphatic rings. The lowest BCUT2D eigenvalue weighted by atomic mass is 10.4. The molecule has 0 spiro atoms. The minimum atomic E-state index is -0.257. The number of methoxy groups -OCH3 is 1. The SMILES string of the molecule is COC(=O)CCn1c(=S)[nH]c2cccnc21. The number of hydrogen-bond donors (Lipinski definition) is 1. The summed E-state index contributed by atoms with van der Waals surface area (Å²) < 4.78 is 6.94. The van der Waals surface area contributed by atoms with Crippen LogP contribution in [0.1, 0.15) is 6.42 Å². The van der Waals surface area contributed by atoms with Gasteiger partial charge in [-0.2, -0.15) is 0 Å². The molecular formula is C10H11N3O2S. The molecule has 5 nitrogen and oxygen atoms in total. The Bertz CT molecular complexity index is 573. The molecule has 0 aliphatic heterocycles. The van der Waals surface area contributed by atoms with Crippen LogP contribution in [-0.2, 0) is 16.1 Å². The smallest absolute Gasteiger partial charge is 0.307 e. The molecule has 0 aliphatic carbocycles. The van der Waals surface area contributed by atoms with Crippen molar-refractivity contribution >= 4 is 29.4 Å². The number of pyridine rings is 1. The van der Waals surface area contributed by atoms with Gasteiger partial charge in [0.25, 0.3) is 0 Å². The monoisotopic (exact) mass is 237 g/mol. The molecule has 16 heavy (non-hydrogen) atoms. The molecule has 2 aromatic heterocycles.